The maximum absolute atomic E-state index is 12.6. The van der Waals surface area contributed by atoms with E-state index >= 15 is 0 Å². The molecule has 144 valence electrons. The summed E-state index contributed by atoms with van der Waals surface area (Å²) in [6.45, 7) is 5.14. The van der Waals surface area contributed by atoms with E-state index in [1.165, 1.54) is 0 Å². The lowest BCUT2D eigenvalue weighted by atomic mass is 9.98. The van der Waals surface area contributed by atoms with E-state index in [0.717, 1.165) is 11.3 Å². The summed E-state index contributed by atoms with van der Waals surface area (Å²) in [4.78, 5) is 18.9. The van der Waals surface area contributed by atoms with Crippen molar-refractivity contribution in [1.29, 1.82) is 0 Å². The summed E-state index contributed by atoms with van der Waals surface area (Å²) >= 11 is 0. The van der Waals surface area contributed by atoms with Gasteiger partial charge >= 0.3 is 0 Å². The van der Waals surface area contributed by atoms with Gasteiger partial charge in [-0.3, -0.25) is 4.79 Å². The Morgan fingerprint density at radius 3 is 2.54 bits per heavy atom. The van der Waals surface area contributed by atoms with Crippen molar-refractivity contribution in [2.75, 3.05) is 13.1 Å². The molecule has 4 rings (SSSR count). The fraction of sp³-hybridized carbons (Fsp3) is 0.318. The van der Waals surface area contributed by atoms with Crippen molar-refractivity contribution in [3.8, 4) is 5.75 Å². The first-order valence-corrected chi connectivity index (χ1v) is 9.51. The SMILES string of the molecule is CC(C)Oc1ccc(C(=O)N2CC(c3nc(Cc4ccccc4)no3)C2)cc1. The molecule has 0 atom stereocenters. The molecule has 1 saturated heterocycles. The number of hydrogen-bond donors (Lipinski definition) is 0. The Kier molecular flexibility index (Phi) is 5.10. The Balaban J connectivity index is 1.32. The number of carbonyl (C=O) groups is 1. The van der Waals surface area contributed by atoms with Crippen molar-refractivity contribution in [3.63, 3.8) is 0 Å². The van der Waals surface area contributed by atoms with Crippen LogP contribution in [0, 0.1) is 0 Å². The topological polar surface area (TPSA) is 68.5 Å². The van der Waals surface area contributed by atoms with Crippen molar-refractivity contribution in [1.82, 2.24) is 15.0 Å². The van der Waals surface area contributed by atoms with Crippen LogP contribution in [-0.4, -0.2) is 40.1 Å². The van der Waals surface area contributed by atoms with E-state index in [1.54, 1.807) is 17.0 Å². The van der Waals surface area contributed by atoms with Gasteiger partial charge in [-0.2, -0.15) is 4.98 Å². The van der Waals surface area contributed by atoms with E-state index in [4.69, 9.17) is 9.26 Å². The van der Waals surface area contributed by atoms with Crippen LogP contribution in [0.1, 0.15) is 47.4 Å². The third-order valence-electron chi connectivity index (χ3n) is 4.68. The molecular formula is C22H23N3O3. The Labute approximate surface area is 164 Å². The van der Waals surface area contributed by atoms with Crippen LogP contribution in [0.3, 0.4) is 0 Å². The fourth-order valence-corrected chi connectivity index (χ4v) is 3.21. The summed E-state index contributed by atoms with van der Waals surface area (Å²) in [5.41, 5.74) is 1.80. The minimum absolute atomic E-state index is 0.0105. The molecule has 3 aromatic rings. The van der Waals surface area contributed by atoms with Gasteiger partial charge in [0.25, 0.3) is 5.91 Å². The van der Waals surface area contributed by atoms with Crippen LogP contribution in [-0.2, 0) is 6.42 Å². The molecule has 0 saturated carbocycles. The Hall–Kier alpha value is -3.15. The molecule has 28 heavy (non-hydrogen) atoms. The molecule has 2 aromatic carbocycles. The van der Waals surface area contributed by atoms with Crippen LogP contribution >= 0.6 is 0 Å². The second-order valence-corrected chi connectivity index (χ2v) is 7.31. The minimum Gasteiger partial charge on any atom is -0.491 e. The number of hydrogen-bond acceptors (Lipinski definition) is 5. The molecule has 0 radical (unpaired) electrons. The average molecular weight is 377 g/mol. The standard InChI is InChI=1S/C22H23N3O3/c1-15(2)27-19-10-8-17(9-11-19)22(26)25-13-18(14-25)21-23-20(24-28-21)12-16-6-4-3-5-7-16/h3-11,15,18H,12-14H2,1-2H3. The predicted molar refractivity (Wildman–Crippen MR) is 104 cm³/mol. The number of aromatic nitrogens is 2. The summed E-state index contributed by atoms with van der Waals surface area (Å²) < 4.78 is 11.0. The lowest BCUT2D eigenvalue weighted by molar-refractivity contribution is 0.0569. The van der Waals surface area contributed by atoms with Gasteiger partial charge in [0.1, 0.15) is 5.75 Å². The molecule has 0 unspecified atom stereocenters. The molecule has 1 aliphatic rings. The average Bonchev–Trinajstić information content (AvgIpc) is 3.09. The second-order valence-electron chi connectivity index (χ2n) is 7.31. The van der Waals surface area contributed by atoms with E-state index in [2.05, 4.69) is 10.1 Å². The highest BCUT2D eigenvalue weighted by atomic mass is 16.5. The van der Waals surface area contributed by atoms with Gasteiger partial charge in [0.2, 0.25) is 5.89 Å². The summed E-state index contributed by atoms with van der Waals surface area (Å²) in [7, 11) is 0. The highest BCUT2D eigenvalue weighted by Crippen LogP contribution is 2.28. The van der Waals surface area contributed by atoms with Gasteiger partial charge in [-0.1, -0.05) is 35.5 Å². The zero-order valence-electron chi connectivity index (χ0n) is 16.0. The van der Waals surface area contributed by atoms with Crippen LogP contribution < -0.4 is 4.74 Å². The van der Waals surface area contributed by atoms with E-state index in [0.29, 0.717) is 36.8 Å². The molecule has 1 aliphatic heterocycles. The molecular weight excluding hydrogens is 354 g/mol. The molecule has 6 heteroatoms. The molecule has 1 fully saturated rings. The number of ether oxygens (including phenoxy) is 1. The smallest absolute Gasteiger partial charge is 0.253 e. The Bertz CT molecular complexity index is 929. The monoisotopic (exact) mass is 377 g/mol. The Morgan fingerprint density at radius 1 is 1.14 bits per heavy atom. The van der Waals surface area contributed by atoms with Gasteiger partial charge in [0.05, 0.1) is 12.0 Å². The molecule has 0 N–H and O–H groups in total. The molecule has 0 aliphatic carbocycles. The lowest BCUT2D eigenvalue weighted by Gasteiger charge is -2.37. The highest BCUT2D eigenvalue weighted by Gasteiger charge is 2.36. The van der Waals surface area contributed by atoms with Crippen molar-refractivity contribution in [3.05, 3.63) is 77.4 Å². The van der Waals surface area contributed by atoms with Crippen LogP contribution in [0.5, 0.6) is 5.75 Å². The molecule has 1 aromatic heterocycles. The zero-order chi connectivity index (χ0) is 19.5. The normalized spacial score (nSPS) is 14.2. The largest absolute Gasteiger partial charge is 0.491 e. The lowest BCUT2D eigenvalue weighted by Crippen LogP contribution is -2.48. The summed E-state index contributed by atoms with van der Waals surface area (Å²) in [6, 6.07) is 17.3. The number of benzene rings is 2. The number of carbonyl (C=O) groups excluding carboxylic acids is 1. The first-order chi connectivity index (χ1) is 13.6. The van der Waals surface area contributed by atoms with Gasteiger partial charge in [-0.25, -0.2) is 0 Å². The maximum atomic E-state index is 12.6. The number of likely N-dealkylation sites (tertiary alicyclic amines) is 1. The first-order valence-electron chi connectivity index (χ1n) is 9.51. The van der Waals surface area contributed by atoms with Crippen molar-refractivity contribution in [2.45, 2.75) is 32.3 Å². The second kappa shape index (κ2) is 7.84. The van der Waals surface area contributed by atoms with Gasteiger partial charge in [-0.05, 0) is 43.7 Å². The molecule has 0 bridgehead atoms. The minimum atomic E-state index is 0.0105. The number of nitrogens with zero attached hydrogens (tertiary/aromatic N) is 3. The highest BCUT2D eigenvalue weighted by molar-refractivity contribution is 5.95. The van der Waals surface area contributed by atoms with Crippen molar-refractivity contribution in [2.24, 2.45) is 0 Å². The van der Waals surface area contributed by atoms with E-state index in [1.807, 2.05) is 56.3 Å². The van der Waals surface area contributed by atoms with Crippen LogP contribution in [0.25, 0.3) is 0 Å². The third kappa shape index (κ3) is 4.06. The van der Waals surface area contributed by atoms with Gasteiger partial charge in [0.15, 0.2) is 5.82 Å². The summed E-state index contributed by atoms with van der Waals surface area (Å²) in [6.07, 6.45) is 0.753. The van der Waals surface area contributed by atoms with E-state index in [9.17, 15) is 4.79 Å². The summed E-state index contributed by atoms with van der Waals surface area (Å²) in [5.74, 6) is 2.16. The number of rotatable bonds is 6. The van der Waals surface area contributed by atoms with Crippen LogP contribution in [0.15, 0.2) is 59.1 Å². The van der Waals surface area contributed by atoms with E-state index in [-0.39, 0.29) is 17.9 Å². The van der Waals surface area contributed by atoms with Gasteiger partial charge < -0.3 is 14.2 Å². The quantitative estimate of drug-likeness (QED) is 0.655. The fourth-order valence-electron chi connectivity index (χ4n) is 3.21. The van der Waals surface area contributed by atoms with Gasteiger partial charge in [0, 0.05) is 25.1 Å². The van der Waals surface area contributed by atoms with Crippen LogP contribution in [0.4, 0.5) is 0 Å². The van der Waals surface area contributed by atoms with Crippen molar-refractivity contribution >= 4 is 5.91 Å². The molecule has 2 heterocycles. The summed E-state index contributed by atoms with van der Waals surface area (Å²) in [5, 5.41) is 4.07. The third-order valence-corrected chi connectivity index (χ3v) is 4.68. The molecule has 6 nitrogen and oxygen atoms in total. The number of amides is 1. The zero-order valence-corrected chi connectivity index (χ0v) is 16.0. The Morgan fingerprint density at radius 2 is 1.86 bits per heavy atom. The first kappa shape index (κ1) is 18.2. The predicted octanol–water partition coefficient (Wildman–Crippen LogP) is 3.69. The van der Waals surface area contributed by atoms with Gasteiger partial charge in [-0.15, -0.1) is 0 Å². The maximum Gasteiger partial charge on any atom is 0.253 e. The molecule has 0 spiro atoms. The van der Waals surface area contributed by atoms with E-state index < -0.39 is 0 Å². The molecule has 1 amide bonds. The van der Waals surface area contributed by atoms with Crippen molar-refractivity contribution < 1.29 is 14.1 Å². The van der Waals surface area contributed by atoms with Crippen LogP contribution in [0.2, 0.25) is 0 Å².